The average Bonchev–Trinajstić information content (AvgIpc) is 3.88. The zero-order chi connectivity index (χ0) is 51.4. The van der Waals surface area contributed by atoms with Crippen LogP contribution in [0, 0.1) is 116 Å². The van der Waals surface area contributed by atoms with Gasteiger partial charge in [-0.05, 0) is 37.1 Å². The molecule has 6 aromatic carbocycles. The highest BCUT2D eigenvalue weighted by Crippen LogP contribution is 2.32. The molecule has 1 fully saturated rings. The maximum atomic E-state index is 15.4. The zero-order valence-corrected chi connectivity index (χ0v) is 34.4. The highest BCUT2D eigenvalue weighted by molar-refractivity contribution is 7.20. The molecule has 0 radical (unpaired) electrons. The molecule has 0 saturated heterocycles. The number of fused-ring (bicyclic) bond motifs is 1. The molecule has 0 spiro atoms. The Morgan fingerprint density at radius 3 is 1.10 bits per heavy atom. The van der Waals surface area contributed by atoms with Crippen LogP contribution in [0.3, 0.4) is 0 Å². The molecule has 0 amide bonds. The standard InChI is InChI=1S/C24BF20.C22H22NO2/c26-5-1(6(27)14(35)21(42)13(5)34)25(2-7(28)15(36)22(43)16(37)8(2)29,3-9(30)17(38)23(44)18(39)10(3)31)4-11(32)19(40)24(45)20(41)12(4)33;24-21(18-9-2-1-3-10-18)16-23-15-14-17-8-4-7-13-20(17)22(23)25-19-11-5-6-12-19/h;1-4,7-10,13-15,19H,5-6,11-12,16H2/q-1;+1. The Kier molecular flexibility index (Phi) is 14.0. The number of hydrogen-bond acceptors (Lipinski definition) is 2. The fourth-order valence-corrected chi connectivity index (χ4v) is 8.39. The van der Waals surface area contributed by atoms with Crippen molar-refractivity contribution >= 4 is 44.6 Å². The second-order valence-electron chi connectivity index (χ2n) is 15.4. The lowest BCUT2D eigenvalue weighted by molar-refractivity contribution is -0.687. The molecule has 1 saturated carbocycles. The largest absolute Gasteiger partial charge is 0.441 e. The lowest BCUT2D eigenvalue weighted by Gasteiger charge is -2.44. The van der Waals surface area contributed by atoms with E-state index in [1.165, 1.54) is 12.8 Å². The van der Waals surface area contributed by atoms with Gasteiger partial charge in [0.2, 0.25) is 12.3 Å². The van der Waals surface area contributed by atoms with Gasteiger partial charge in [-0.25, -0.2) is 87.8 Å². The number of pyridine rings is 1. The molecule has 1 aromatic heterocycles. The van der Waals surface area contributed by atoms with Crippen LogP contribution in [0.15, 0.2) is 66.9 Å². The van der Waals surface area contributed by atoms with Crippen molar-refractivity contribution in [3.05, 3.63) is 189 Å². The number of hydrogen-bond donors (Lipinski definition) is 0. The molecule has 0 N–H and O–H groups in total. The van der Waals surface area contributed by atoms with Crippen molar-refractivity contribution in [2.45, 2.75) is 38.3 Å². The van der Waals surface area contributed by atoms with E-state index >= 15 is 35.1 Å². The van der Waals surface area contributed by atoms with Gasteiger partial charge >= 0.3 is 5.88 Å². The summed E-state index contributed by atoms with van der Waals surface area (Å²) in [4.78, 5) is 12.7. The van der Waals surface area contributed by atoms with E-state index in [0.717, 1.165) is 35.1 Å². The third kappa shape index (κ3) is 8.12. The van der Waals surface area contributed by atoms with Crippen LogP contribution < -0.4 is 31.2 Å². The van der Waals surface area contributed by atoms with Crippen LogP contribution in [0.25, 0.3) is 10.8 Å². The Hall–Kier alpha value is -7.14. The second kappa shape index (κ2) is 19.3. The summed E-state index contributed by atoms with van der Waals surface area (Å²) in [7, 11) is 0. The van der Waals surface area contributed by atoms with Gasteiger partial charge in [-0.2, -0.15) is 4.57 Å². The highest BCUT2D eigenvalue weighted by atomic mass is 19.2. The Morgan fingerprint density at radius 2 is 0.743 bits per heavy atom. The molecule has 1 aliphatic rings. The summed E-state index contributed by atoms with van der Waals surface area (Å²) in [6.45, 7) is 0.289. The quantitative estimate of drug-likeness (QED) is 0.0360. The van der Waals surface area contributed by atoms with Crippen molar-refractivity contribution in [1.29, 1.82) is 0 Å². The predicted octanol–water partition coefficient (Wildman–Crippen LogP) is 10.2. The molecule has 8 rings (SSSR count). The summed E-state index contributed by atoms with van der Waals surface area (Å²) in [5.74, 6) is -70.5. The molecule has 366 valence electrons. The number of nitrogens with zero attached hydrogens (tertiary/aromatic N) is 1. The Morgan fingerprint density at radius 1 is 0.429 bits per heavy atom. The van der Waals surface area contributed by atoms with E-state index in [1.807, 2.05) is 53.2 Å². The Bertz CT molecular complexity index is 2880. The van der Waals surface area contributed by atoms with Gasteiger partial charge in [0.25, 0.3) is 0 Å². The smallest absolute Gasteiger partial charge is 0.376 e. The van der Waals surface area contributed by atoms with E-state index < -0.39 is 144 Å². The Labute approximate surface area is 379 Å². The second-order valence-corrected chi connectivity index (χ2v) is 15.4. The topological polar surface area (TPSA) is 30.2 Å². The molecule has 0 unspecified atom stereocenters. The molecule has 24 heteroatoms. The number of ether oxygens (including phenoxy) is 1. The lowest BCUT2D eigenvalue weighted by Crippen LogP contribution is -2.81. The first kappa shape index (κ1) is 50.7. The fraction of sp³-hybridized carbons (Fsp3) is 0.130. The molecule has 1 heterocycles. The normalized spacial score (nSPS) is 13.0. The number of benzene rings is 6. The third-order valence-electron chi connectivity index (χ3n) is 11.6. The van der Waals surface area contributed by atoms with Crippen LogP contribution in [0.5, 0.6) is 5.88 Å². The molecular formula is C46H22BF20NO2. The highest BCUT2D eigenvalue weighted by Gasteiger charge is 2.52. The van der Waals surface area contributed by atoms with E-state index in [0.29, 0.717) is 0 Å². The number of carbonyl (C=O) groups excluding carboxylic acids is 1. The van der Waals surface area contributed by atoms with E-state index in [2.05, 4.69) is 18.2 Å². The van der Waals surface area contributed by atoms with E-state index in [1.54, 1.807) is 0 Å². The van der Waals surface area contributed by atoms with Crippen LogP contribution in [-0.4, -0.2) is 18.0 Å². The summed E-state index contributed by atoms with van der Waals surface area (Å²) >= 11 is 0. The van der Waals surface area contributed by atoms with Crippen molar-refractivity contribution in [3.63, 3.8) is 0 Å². The van der Waals surface area contributed by atoms with Crippen molar-refractivity contribution in [3.8, 4) is 5.88 Å². The van der Waals surface area contributed by atoms with E-state index in [9.17, 15) is 57.5 Å². The van der Waals surface area contributed by atoms with Crippen molar-refractivity contribution in [2.24, 2.45) is 0 Å². The van der Waals surface area contributed by atoms with Gasteiger partial charge < -0.3 is 4.74 Å². The summed E-state index contributed by atoms with van der Waals surface area (Å²) in [5, 5.41) is 2.21. The molecule has 70 heavy (non-hydrogen) atoms. The number of halogens is 20. The van der Waals surface area contributed by atoms with Gasteiger partial charge in [0, 0.05) is 11.6 Å². The number of aromatic nitrogens is 1. The van der Waals surface area contributed by atoms with Gasteiger partial charge in [0.1, 0.15) is 58.8 Å². The van der Waals surface area contributed by atoms with Gasteiger partial charge in [-0.1, -0.05) is 48.5 Å². The third-order valence-corrected chi connectivity index (χ3v) is 11.6. The SMILES string of the molecule is Fc1c(F)c(F)c([B-](c2c(F)c(F)c(F)c(F)c2F)(c2c(F)c(F)c(F)c(F)c2F)c2c(F)c(F)c(F)c(F)c2F)c(F)c1F.O=C(C[n+]1ccc2ccccc2c1OC1CCCC1)c1ccccc1. The first-order valence-electron chi connectivity index (χ1n) is 19.9. The summed E-state index contributed by atoms with van der Waals surface area (Å²) < 4.78 is 302. The summed E-state index contributed by atoms with van der Waals surface area (Å²) in [6.07, 6.45) is -0.370. The minimum absolute atomic E-state index is 0.0946. The molecule has 0 bridgehead atoms. The molecule has 7 aromatic rings. The van der Waals surface area contributed by atoms with Crippen LogP contribution in [0.2, 0.25) is 0 Å². The molecular weight excluding hydrogens is 989 g/mol. The van der Waals surface area contributed by atoms with E-state index in [-0.39, 0.29) is 18.4 Å². The summed E-state index contributed by atoms with van der Waals surface area (Å²) in [6, 6.07) is 19.7. The number of Topliss-reactive ketones (excluding diaryl/α,β-unsaturated/α-hetero) is 1. The first-order chi connectivity index (χ1) is 33.0. The minimum Gasteiger partial charge on any atom is -0.441 e. The van der Waals surface area contributed by atoms with Gasteiger partial charge in [-0.3, -0.25) is 4.79 Å². The lowest BCUT2D eigenvalue weighted by atomic mass is 9.12. The first-order valence-corrected chi connectivity index (χ1v) is 19.9. The molecule has 1 aliphatic carbocycles. The molecule has 0 aliphatic heterocycles. The van der Waals surface area contributed by atoms with Crippen LogP contribution >= 0.6 is 0 Å². The van der Waals surface area contributed by atoms with Crippen LogP contribution in [0.1, 0.15) is 36.0 Å². The van der Waals surface area contributed by atoms with Gasteiger partial charge in [0.15, 0.2) is 76.0 Å². The maximum Gasteiger partial charge on any atom is 0.376 e. The average molecular weight is 1010 g/mol. The Balaban J connectivity index is 0.000000242. The number of carbonyl (C=O) groups is 1. The number of ketones is 1. The molecule has 0 atom stereocenters. The van der Waals surface area contributed by atoms with Crippen molar-refractivity contribution < 1.29 is 102 Å². The van der Waals surface area contributed by atoms with Gasteiger partial charge in [-0.15, -0.1) is 21.9 Å². The van der Waals surface area contributed by atoms with Crippen LogP contribution in [-0.2, 0) is 6.54 Å². The summed E-state index contributed by atoms with van der Waals surface area (Å²) in [5.41, 5.74) is -13.6. The monoisotopic (exact) mass is 1010 g/mol. The number of rotatable bonds is 9. The zero-order valence-electron chi connectivity index (χ0n) is 34.4. The van der Waals surface area contributed by atoms with Gasteiger partial charge in [0.05, 0.1) is 5.39 Å². The van der Waals surface area contributed by atoms with Crippen LogP contribution in [0.4, 0.5) is 87.8 Å². The fourth-order valence-electron chi connectivity index (χ4n) is 8.39. The maximum absolute atomic E-state index is 15.4. The minimum atomic E-state index is -7.22. The van der Waals surface area contributed by atoms with Crippen molar-refractivity contribution in [2.75, 3.05) is 0 Å². The predicted molar refractivity (Wildman–Crippen MR) is 207 cm³/mol. The van der Waals surface area contributed by atoms with E-state index in [4.69, 9.17) is 4.74 Å². The van der Waals surface area contributed by atoms with Crippen molar-refractivity contribution in [1.82, 2.24) is 0 Å². The molecule has 3 nitrogen and oxygen atoms in total.